The smallest absolute Gasteiger partial charge is 0.220 e. The van der Waals surface area contributed by atoms with Crippen molar-refractivity contribution < 1.29 is 4.79 Å². The predicted octanol–water partition coefficient (Wildman–Crippen LogP) is 2.27. The molecule has 0 bridgehead atoms. The number of aryl methyl sites for hydroxylation is 1. The molecule has 0 spiro atoms. The van der Waals surface area contributed by atoms with Crippen LogP contribution in [-0.4, -0.2) is 24.0 Å². The van der Waals surface area contributed by atoms with Crippen molar-refractivity contribution in [2.75, 3.05) is 13.1 Å². The molecule has 0 aromatic carbocycles. The monoisotopic (exact) mass is 281 g/mol. The summed E-state index contributed by atoms with van der Waals surface area (Å²) in [6.07, 6.45) is 5.79. The third kappa shape index (κ3) is 4.28. The van der Waals surface area contributed by atoms with E-state index < -0.39 is 0 Å². The van der Waals surface area contributed by atoms with Crippen molar-refractivity contribution in [1.29, 1.82) is 0 Å². The Morgan fingerprint density at radius 2 is 2.32 bits per heavy atom. The van der Waals surface area contributed by atoms with Crippen LogP contribution in [0.1, 0.15) is 49.0 Å². The van der Waals surface area contributed by atoms with Crippen LogP contribution in [0.25, 0.3) is 0 Å². The summed E-state index contributed by atoms with van der Waals surface area (Å²) in [6.45, 7) is 6.22. The zero-order valence-corrected chi connectivity index (χ0v) is 12.6. The number of rotatable bonds is 5. The van der Waals surface area contributed by atoms with E-state index in [1.54, 1.807) is 11.3 Å². The molecule has 5 heteroatoms. The molecule has 19 heavy (non-hydrogen) atoms. The number of hydrogen-bond acceptors (Lipinski definition) is 4. The first-order chi connectivity index (χ1) is 9.19. The van der Waals surface area contributed by atoms with Crippen LogP contribution in [0.4, 0.5) is 0 Å². The SMILES string of the molecule is CCc1cnc([C@H](C)NC(=O)CC2CCNCC2)s1. The summed E-state index contributed by atoms with van der Waals surface area (Å²) >= 11 is 1.69. The highest BCUT2D eigenvalue weighted by Gasteiger charge is 2.19. The highest BCUT2D eigenvalue weighted by molar-refractivity contribution is 7.11. The molecule has 1 aromatic heterocycles. The molecule has 1 aliphatic rings. The van der Waals surface area contributed by atoms with E-state index in [2.05, 4.69) is 22.5 Å². The first kappa shape index (κ1) is 14.5. The second-order valence-electron chi connectivity index (χ2n) is 5.21. The molecular weight excluding hydrogens is 258 g/mol. The van der Waals surface area contributed by atoms with Crippen molar-refractivity contribution in [1.82, 2.24) is 15.6 Å². The maximum Gasteiger partial charge on any atom is 0.220 e. The van der Waals surface area contributed by atoms with E-state index >= 15 is 0 Å². The van der Waals surface area contributed by atoms with Crippen molar-refractivity contribution in [2.45, 2.75) is 45.6 Å². The van der Waals surface area contributed by atoms with E-state index in [-0.39, 0.29) is 11.9 Å². The van der Waals surface area contributed by atoms with Crippen LogP contribution in [0.2, 0.25) is 0 Å². The average molecular weight is 281 g/mol. The van der Waals surface area contributed by atoms with Gasteiger partial charge >= 0.3 is 0 Å². The van der Waals surface area contributed by atoms with Gasteiger partial charge in [-0.25, -0.2) is 4.98 Å². The van der Waals surface area contributed by atoms with Gasteiger partial charge in [-0.3, -0.25) is 4.79 Å². The Balaban J connectivity index is 1.80. The summed E-state index contributed by atoms with van der Waals surface area (Å²) in [7, 11) is 0. The van der Waals surface area contributed by atoms with E-state index in [0.29, 0.717) is 12.3 Å². The molecule has 1 amide bonds. The molecule has 0 radical (unpaired) electrons. The number of piperidine rings is 1. The van der Waals surface area contributed by atoms with Crippen molar-refractivity contribution in [3.05, 3.63) is 16.1 Å². The van der Waals surface area contributed by atoms with Crippen LogP contribution in [0.3, 0.4) is 0 Å². The van der Waals surface area contributed by atoms with Gasteiger partial charge in [0.15, 0.2) is 0 Å². The van der Waals surface area contributed by atoms with Gasteiger partial charge in [-0.15, -0.1) is 11.3 Å². The lowest BCUT2D eigenvalue weighted by Gasteiger charge is -2.22. The Kier molecular flexibility index (Phi) is 5.34. The molecule has 1 fully saturated rings. The number of carbonyl (C=O) groups excluding carboxylic acids is 1. The lowest BCUT2D eigenvalue weighted by Crippen LogP contribution is -2.33. The van der Waals surface area contributed by atoms with Gasteiger partial charge in [0, 0.05) is 17.5 Å². The summed E-state index contributed by atoms with van der Waals surface area (Å²) in [6, 6.07) is 0.0273. The van der Waals surface area contributed by atoms with Crippen molar-refractivity contribution in [2.24, 2.45) is 5.92 Å². The summed E-state index contributed by atoms with van der Waals surface area (Å²) in [5.41, 5.74) is 0. The highest BCUT2D eigenvalue weighted by atomic mass is 32.1. The molecular formula is C14H23N3OS. The largest absolute Gasteiger partial charge is 0.347 e. The number of nitrogens with zero attached hydrogens (tertiary/aromatic N) is 1. The van der Waals surface area contributed by atoms with Crippen LogP contribution in [0.15, 0.2) is 6.20 Å². The third-order valence-electron chi connectivity index (χ3n) is 3.60. The van der Waals surface area contributed by atoms with Gasteiger partial charge in [-0.05, 0) is 45.2 Å². The van der Waals surface area contributed by atoms with Gasteiger partial charge in [0.05, 0.1) is 6.04 Å². The van der Waals surface area contributed by atoms with Crippen LogP contribution < -0.4 is 10.6 Å². The predicted molar refractivity (Wildman–Crippen MR) is 78.3 cm³/mol. The van der Waals surface area contributed by atoms with Crippen LogP contribution in [-0.2, 0) is 11.2 Å². The van der Waals surface area contributed by atoms with Gasteiger partial charge in [0.1, 0.15) is 5.01 Å². The molecule has 2 rings (SSSR count). The summed E-state index contributed by atoms with van der Waals surface area (Å²) in [5, 5.41) is 7.40. The number of thiazole rings is 1. The van der Waals surface area contributed by atoms with Gasteiger partial charge in [0.2, 0.25) is 5.91 Å². The quantitative estimate of drug-likeness (QED) is 0.870. The highest BCUT2D eigenvalue weighted by Crippen LogP contribution is 2.21. The van der Waals surface area contributed by atoms with E-state index in [1.165, 1.54) is 4.88 Å². The third-order valence-corrected chi connectivity index (χ3v) is 4.92. The maximum atomic E-state index is 12.0. The lowest BCUT2D eigenvalue weighted by molar-refractivity contribution is -0.122. The second kappa shape index (κ2) is 7.01. The first-order valence-corrected chi connectivity index (χ1v) is 7.95. The standard InChI is InChI=1S/C14H23N3OS/c1-3-12-9-16-14(19-12)10(2)17-13(18)8-11-4-6-15-7-5-11/h9-11,15H,3-8H2,1-2H3,(H,17,18)/t10-/m0/s1. The van der Waals surface area contributed by atoms with Gasteiger partial charge < -0.3 is 10.6 Å². The van der Waals surface area contributed by atoms with E-state index in [1.807, 2.05) is 13.1 Å². The minimum absolute atomic E-state index is 0.0273. The Morgan fingerprint density at radius 3 is 2.95 bits per heavy atom. The minimum atomic E-state index is 0.0273. The normalized spacial score (nSPS) is 18.2. The summed E-state index contributed by atoms with van der Waals surface area (Å²) in [4.78, 5) is 17.7. The molecule has 2 heterocycles. The summed E-state index contributed by atoms with van der Waals surface area (Å²) < 4.78 is 0. The molecule has 1 atom stereocenters. The number of amides is 1. The molecule has 1 aliphatic heterocycles. The number of aromatic nitrogens is 1. The van der Waals surface area contributed by atoms with Gasteiger partial charge in [-0.1, -0.05) is 6.92 Å². The topological polar surface area (TPSA) is 54.0 Å². The Bertz CT molecular complexity index is 413. The lowest BCUT2D eigenvalue weighted by atomic mass is 9.94. The van der Waals surface area contributed by atoms with Gasteiger partial charge in [-0.2, -0.15) is 0 Å². The Morgan fingerprint density at radius 1 is 1.58 bits per heavy atom. The second-order valence-corrected chi connectivity index (χ2v) is 6.35. The number of hydrogen-bond donors (Lipinski definition) is 2. The van der Waals surface area contributed by atoms with Crippen LogP contribution in [0, 0.1) is 5.92 Å². The molecule has 1 aromatic rings. The molecule has 0 saturated carbocycles. The fourth-order valence-corrected chi connectivity index (χ4v) is 3.26. The van der Waals surface area contributed by atoms with E-state index in [4.69, 9.17) is 0 Å². The molecule has 2 N–H and O–H groups in total. The minimum Gasteiger partial charge on any atom is -0.347 e. The summed E-state index contributed by atoms with van der Waals surface area (Å²) in [5.74, 6) is 0.698. The molecule has 4 nitrogen and oxygen atoms in total. The van der Waals surface area contributed by atoms with E-state index in [0.717, 1.165) is 37.4 Å². The van der Waals surface area contributed by atoms with E-state index in [9.17, 15) is 4.79 Å². The number of carbonyl (C=O) groups is 1. The maximum absolute atomic E-state index is 12.0. The molecule has 0 unspecified atom stereocenters. The van der Waals surface area contributed by atoms with Crippen LogP contribution >= 0.6 is 11.3 Å². The Labute approximate surface area is 119 Å². The first-order valence-electron chi connectivity index (χ1n) is 7.13. The van der Waals surface area contributed by atoms with Crippen molar-refractivity contribution in [3.8, 4) is 0 Å². The fraction of sp³-hybridized carbons (Fsp3) is 0.714. The number of nitrogens with one attached hydrogen (secondary N) is 2. The van der Waals surface area contributed by atoms with Gasteiger partial charge in [0.25, 0.3) is 0 Å². The van der Waals surface area contributed by atoms with Crippen molar-refractivity contribution >= 4 is 17.2 Å². The van der Waals surface area contributed by atoms with Crippen molar-refractivity contribution in [3.63, 3.8) is 0 Å². The average Bonchev–Trinajstić information content (AvgIpc) is 2.88. The molecule has 1 saturated heterocycles. The zero-order valence-electron chi connectivity index (χ0n) is 11.7. The molecule has 106 valence electrons. The zero-order chi connectivity index (χ0) is 13.7. The fourth-order valence-electron chi connectivity index (χ4n) is 2.40. The Hall–Kier alpha value is -0.940. The molecule has 0 aliphatic carbocycles. The van der Waals surface area contributed by atoms with Crippen LogP contribution in [0.5, 0.6) is 0 Å².